The molecular weight excluding hydrogens is 327 g/mol. The summed E-state index contributed by atoms with van der Waals surface area (Å²) in [7, 11) is 0. The van der Waals surface area contributed by atoms with Gasteiger partial charge >= 0.3 is 0 Å². The van der Waals surface area contributed by atoms with E-state index in [0.29, 0.717) is 11.3 Å². The van der Waals surface area contributed by atoms with E-state index in [1.54, 1.807) is 6.92 Å². The molecule has 0 fully saturated rings. The molecular formula is C15H12ClFN2O4. The molecule has 0 spiro atoms. The average Bonchev–Trinajstić information content (AvgIpc) is 2.48. The first-order chi connectivity index (χ1) is 10.9. The van der Waals surface area contributed by atoms with Crippen LogP contribution in [0.1, 0.15) is 5.56 Å². The van der Waals surface area contributed by atoms with Crippen molar-refractivity contribution in [1.29, 1.82) is 0 Å². The fourth-order valence-electron chi connectivity index (χ4n) is 1.85. The highest BCUT2D eigenvalue weighted by molar-refractivity contribution is 6.33. The standard InChI is InChI=1S/C15H12ClFN2O4/c1-9-6-11(3-5-14(9)19(21)22)23-8-15(20)18-13-4-2-10(17)7-12(13)16/h2-7H,8H2,1H3,(H,18,20). The summed E-state index contributed by atoms with van der Waals surface area (Å²) in [5, 5.41) is 13.3. The van der Waals surface area contributed by atoms with Crippen molar-refractivity contribution < 1.29 is 18.8 Å². The van der Waals surface area contributed by atoms with Gasteiger partial charge in [0.2, 0.25) is 0 Å². The van der Waals surface area contributed by atoms with E-state index in [-0.39, 0.29) is 23.0 Å². The maximum absolute atomic E-state index is 12.9. The molecule has 1 amide bonds. The minimum absolute atomic E-state index is 0.0279. The van der Waals surface area contributed by atoms with Crippen LogP contribution in [0.5, 0.6) is 5.75 Å². The highest BCUT2D eigenvalue weighted by Gasteiger charge is 2.12. The topological polar surface area (TPSA) is 81.5 Å². The number of hydrogen-bond acceptors (Lipinski definition) is 4. The molecule has 0 saturated carbocycles. The van der Waals surface area contributed by atoms with Gasteiger partial charge in [0, 0.05) is 11.6 Å². The number of nitro benzene ring substituents is 1. The number of amides is 1. The predicted octanol–water partition coefficient (Wildman–Crippen LogP) is 3.71. The summed E-state index contributed by atoms with van der Waals surface area (Å²) in [6.45, 7) is 1.26. The van der Waals surface area contributed by atoms with Crippen molar-refractivity contribution in [2.75, 3.05) is 11.9 Å². The van der Waals surface area contributed by atoms with Gasteiger partial charge in [-0.2, -0.15) is 0 Å². The Balaban J connectivity index is 1.96. The number of halogens is 2. The number of anilines is 1. The molecule has 120 valence electrons. The fraction of sp³-hybridized carbons (Fsp3) is 0.133. The van der Waals surface area contributed by atoms with Crippen LogP contribution in [0.3, 0.4) is 0 Å². The molecule has 8 heteroatoms. The highest BCUT2D eigenvalue weighted by atomic mass is 35.5. The number of aryl methyl sites for hydroxylation is 1. The Hall–Kier alpha value is -2.67. The number of ether oxygens (including phenoxy) is 1. The third-order valence-electron chi connectivity index (χ3n) is 2.94. The SMILES string of the molecule is Cc1cc(OCC(=O)Nc2ccc(F)cc2Cl)ccc1[N+](=O)[O-]. The maximum atomic E-state index is 12.9. The summed E-state index contributed by atoms with van der Waals surface area (Å²) in [5.74, 6) is -0.673. The number of carbonyl (C=O) groups is 1. The number of hydrogen-bond donors (Lipinski definition) is 1. The quantitative estimate of drug-likeness (QED) is 0.665. The lowest BCUT2D eigenvalue weighted by Gasteiger charge is -2.09. The van der Waals surface area contributed by atoms with Gasteiger partial charge in [-0.25, -0.2) is 4.39 Å². The van der Waals surface area contributed by atoms with Gasteiger partial charge < -0.3 is 10.1 Å². The van der Waals surface area contributed by atoms with Gasteiger partial charge in [0.1, 0.15) is 11.6 Å². The Morgan fingerprint density at radius 2 is 2.09 bits per heavy atom. The molecule has 2 rings (SSSR count). The predicted molar refractivity (Wildman–Crippen MR) is 83.4 cm³/mol. The van der Waals surface area contributed by atoms with E-state index in [1.807, 2.05) is 0 Å². The van der Waals surface area contributed by atoms with Gasteiger partial charge in [-0.1, -0.05) is 11.6 Å². The van der Waals surface area contributed by atoms with E-state index in [0.717, 1.165) is 6.07 Å². The Bertz CT molecular complexity index is 767. The van der Waals surface area contributed by atoms with Crippen LogP contribution in [0.4, 0.5) is 15.8 Å². The summed E-state index contributed by atoms with van der Waals surface area (Å²) in [5.41, 5.74) is 0.663. The van der Waals surface area contributed by atoms with Crippen LogP contribution in [0.15, 0.2) is 36.4 Å². The van der Waals surface area contributed by atoms with E-state index in [9.17, 15) is 19.3 Å². The molecule has 0 aliphatic rings. The maximum Gasteiger partial charge on any atom is 0.272 e. The van der Waals surface area contributed by atoms with E-state index in [4.69, 9.17) is 16.3 Å². The zero-order chi connectivity index (χ0) is 17.0. The molecule has 0 heterocycles. The smallest absolute Gasteiger partial charge is 0.272 e. The van der Waals surface area contributed by atoms with Crippen molar-refractivity contribution in [3.05, 3.63) is 62.9 Å². The Morgan fingerprint density at radius 1 is 1.35 bits per heavy atom. The molecule has 0 unspecified atom stereocenters. The van der Waals surface area contributed by atoms with Gasteiger partial charge in [-0.3, -0.25) is 14.9 Å². The molecule has 23 heavy (non-hydrogen) atoms. The van der Waals surface area contributed by atoms with Gasteiger partial charge in [0.25, 0.3) is 11.6 Å². The number of nitrogens with one attached hydrogen (secondary N) is 1. The average molecular weight is 339 g/mol. The molecule has 0 atom stereocenters. The first kappa shape index (κ1) is 16.7. The fourth-order valence-corrected chi connectivity index (χ4v) is 2.06. The lowest BCUT2D eigenvalue weighted by Crippen LogP contribution is -2.20. The minimum atomic E-state index is -0.509. The van der Waals surface area contributed by atoms with Crippen molar-refractivity contribution in [3.8, 4) is 5.75 Å². The third-order valence-corrected chi connectivity index (χ3v) is 3.25. The largest absolute Gasteiger partial charge is 0.484 e. The highest BCUT2D eigenvalue weighted by Crippen LogP contribution is 2.24. The van der Waals surface area contributed by atoms with Crippen molar-refractivity contribution >= 4 is 28.9 Å². The first-order valence-electron chi connectivity index (χ1n) is 6.49. The van der Waals surface area contributed by atoms with Crippen LogP contribution in [0.25, 0.3) is 0 Å². The number of benzene rings is 2. The number of nitrogens with zero attached hydrogens (tertiary/aromatic N) is 1. The Morgan fingerprint density at radius 3 is 2.70 bits per heavy atom. The third kappa shape index (κ3) is 4.40. The molecule has 0 aliphatic heterocycles. The van der Waals surface area contributed by atoms with E-state index in [1.165, 1.54) is 30.3 Å². The van der Waals surface area contributed by atoms with Crippen LogP contribution in [-0.2, 0) is 4.79 Å². The van der Waals surface area contributed by atoms with Crippen LogP contribution >= 0.6 is 11.6 Å². The van der Waals surface area contributed by atoms with Crippen molar-refractivity contribution in [2.45, 2.75) is 6.92 Å². The summed E-state index contributed by atoms with van der Waals surface area (Å²) in [6, 6.07) is 7.77. The van der Waals surface area contributed by atoms with Gasteiger partial charge in [-0.15, -0.1) is 0 Å². The lowest BCUT2D eigenvalue weighted by molar-refractivity contribution is -0.385. The Kier molecular flexibility index (Phi) is 5.13. The monoisotopic (exact) mass is 338 g/mol. The second-order valence-electron chi connectivity index (χ2n) is 4.67. The molecule has 0 saturated heterocycles. The number of carbonyl (C=O) groups excluding carboxylic acids is 1. The van der Waals surface area contributed by atoms with Gasteiger partial charge in [0.15, 0.2) is 6.61 Å². The molecule has 6 nitrogen and oxygen atoms in total. The second-order valence-corrected chi connectivity index (χ2v) is 5.07. The normalized spacial score (nSPS) is 10.2. The molecule has 0 radical (unpaired) electrons. The minimum Gasteiger partial charge on any atom is -0.484 e. The van der Waals surface area contributed by atoms with Gasteiger partial charge in [-0.05, 0) is 37.3 Å². The van der Waals surface area contributed by atoms with Crippen LogP contribution in [0.2, 0.25) is 5.02 Å². The Labute approximate surface area is 136 Å². The summed E-state index contributed by atoms with van der Waals surface area (Å²) in [6.07, 6.45) is 0. The lowest BCUT2D eigenvalue weighted by atomic mass is 10.2. The summed E-state index contributed by atoms with van der Waals surface area (Å²) >= 11 is 5.80. The van der Waals surface area contributed by atoms with E-state index < -0.39 is 16.6 Å². The number of rotatable bonds is 5. The van der Waals surface area contributed by atoms with Gasteiger partial charge in [0.05, 0.1) is 15.6 Å². The first-order valence-corrected chi connectivity index (χ1v) is 6.87. The molecule has 1 N–H and O–H groups in total. The van der Waals surface area contributed by atoms with Crippen molar-refractivity contribution in [3.63, 3.8) is 0 Å². The summed E-state index contributed by atoms with van der Waals surface area (Å²) in [4.78, 5) is 22.0. The molecule has 0 bridgehead atoms. The van der Waals surface area contributed by atoms with Crippen molar-refractivity contribution in [2.24, 2.45) is 0 Å². The zero-order valence-electron chi connectivity index (χ0n) is 12.0. The number of nitro groups is 1. The van der Waals surface area contributed by atoms with Crippen LogP contribution < -0.4 is 10.1 Å². The second kappa shape index (κ2) is 7.06. The van der Waals surface area contributed by atoms with E-state index >= 15 is 0 Å². The summed E-state index contributed by atoms with van der Waals surface area (Å²) < 4.78 is 18.2. The molecule has 0 aromatic heterocycles. The molecule has 2 aromatic carbocycles. The zero-order valence-corrected chi connectivity index (χ0v) is 12.8. The van der Waals surface area contributed by atoms with Crippen LogP contribution in [-0.4, -0.2) is 17.4 Å². The van der Waals surface area contributed by atoms with Crippen LogP contribution in [0, 0.1) is 22.9 Å². The molecule has 2 aromatic rings. The molecule has 0 aliphatic carbocycles. The van der Waals surface area contributed by atoms with E-state index in [2.05, 4.69) is 5.32 Å². The van der Waals surface area contributed by atoms with Crippen molar-refractivity contribution in [1.82, 2.24) is 0 Å².